The Hall–Kier alpha value is -1.95. The van der Waals surface area contributed by atoms with Crippen molar-refractivity contribution < 1.29 is 24.1 Å². The molecule has 0 heterocycles. The van der Waals surface area contributed by atoms with Gasteiger partial charge in [0.15, 0.2) is 0 Å². The quantitative estimate of drug-likeness (QED) is 0.529. The van der Waals surface area contributed by atoms with Gasteiger partial charge in [-0.2, -0.15) is 0 Å². The Morgan fingerprint density at radius 3 is 2.26 bits per heavy atom. The van der Waals surface area contributed by atoms with Crippen LogP contribution in [-0.4, -0.2) is 49.7 Å². The lowest BCUT2D eigenvalue weighted by atomic mass is 10.00. The molecule has 4 atom stereocenters. The van der Waals surface area contributed by atoms with Gasteiger partial charge in [0.1, 0.15) is 18.3 Å². The number of benzene rings is 1. The van der Waals surface area contributed by atoms with Gasteiger partial charge in [0, 0.05) is 14.2 Å². The fraction of sp³-hybridized carbons (Fsp3) is 0.389. The molecule has 1 aromatic carbocycles. The molecule has 0 saturated heterocycles. The van der Waals surface area contributed by atoms with E-state index < -0.39 is 30.4 Å². The molecular formula is C18H24O5. The predicted molar refractivity (Wildman–Crippen MR) is 88.3 cm³/mol. The first kappa shape index (κ1) is 19.1. The summed E-state index contributed by atoms with van der Waals surface area (Å²) in [6, 6.07) is 8.62. The zero-order valence-corrected chi connectivity index (χ0v) is 13.6. The Morgan fingerprint density at radius 2 is 1.78 bits per heavy atom. The summed E-state index contributed by atoms with van der Waals surface area (Å²) in [6.45, 7) is 7.28. The number of aliphatic hydroxyl groups is 1. The molecule has 126 valence electrons. The van der Waals surface area contributed by atoms with Crippen LogP contribution in [0.4, 0.5) is 0 Å². The van der Waals surface area contributed by atoms with E-state index in [-0.39, 0.29) is 0 Å². The van der Waals surface area contributed by atoms with Gasteiger partial charge in [0.25, 0.3) is 0 Å². The molecule has 5 heteroatoms. The minimum absolute atomic E-state index is 0.328. The summed E-state index contributed by atoms with van der Waals surface area (Å²) < 4.78 is 16.2. The number of aliphatic hydroxyl groups excluding tert-OH is 1. The van der Waals surface area contributed by atoms with Crippen LogP contribution in [0.3, 0.4) is 0 Å². The van der Waals surface area contributed by atoms with Crippen LogP contribution in [0.15, 0.2) is 55.6 Å². The molecule has 23 heavy (non-hydrogen) atoms. The summed E-state index contributed by atoms with van der Waals surface area (Å²) in [5.74, 6) is -0.495. The van der Waals surface area contributed by atoms with Crippen LogP contribution in [0.2, 0.25) is 0 Å². The van der Waals surface area contributed by atoms with Crippen molar-refractivity contribution in [2.24, 2.45) is 0 Å². The molecule has 0 unspecified atom stereocenters. The first-order valence-corrected chi connectivity index (χ1v) is 7.32. The normalized spacial score (nSPS) is 16.0. The molecule has 0 bridgehead atoms. The number of ether oxygens (including phenoxy) is 3. The highest BCUT2D eigenvalue weighted by Crippen LogP contribution is 2.18. The number of hydrogen-bond donors (Lipinski definition) is 1. The zero-order valence-electron chi connectivity index (χ0n) is 13.6. The van der Waals surface area contributed by atoms with Crippen LogP contribution in [0.25, 0.3) is 0 Å². The second-order valence-electron chi connectivity index (χ2n) is 4.96. The zero-order chi connectivity index (χ0) is 17.2. The van der Waals surface area contributed by atoms with E-state index in [0.29, 0.717) is 12.0 Å². The smallest absolute Gasteiger partial charge is 0.338 e. The molecule has 0 aromatic heterocycles. The van der Waals surface area contributed by atoms with E-state index in [1.807, 2.05) is 6.07 Å². The third-order valence-corrected chi connectivity index (χ3v) is 3.46. The summed E-state index contributed by atoms with van der Waals surface area (Å²) in [5, 5.41) is 10.2. The van der Waals surface area contributed by atoms with Crippen LogP contribution in [-0.2, 0) is 14.2 Å². The van der Waals surface area contributed by atoms with Crippen molar-refractivity contribution in [3.8, 4) is 0 Å². The van der Waals surface area contributed by atoms with Gasteiger partial charge < -0.3 is 19.3 Å². The summed E-state index contributed by atoms with van der Waals surface area (Å²) in [5.41, 5.74) is 0.426. The lowest BCUT2D eigenvalue weighted by Gasteiger charge is -2.32. The fourth-order valence-electron chi connectivity index (χ4n) is 2.29. The van der Waals surface area contributed by atoms with Crippen LogP contribution in [0.5, 0.6) is 0 Å². The second-order valence-corrected chi connectivity index (χ2v) is 4.96. The molecule has 0 fully saturated rings. The van der Waals surface area contributed by atoms with Gasteiger partial charge in [-0.15, -0.1) is 6.58 Å². The molecule has 0 aliphatic heterocycles. The van der Waals surface area contributed by atoms with Crippen molar-refractivity contribution in [1.82, 2.24) is 0 Å². The first-order chi connectivity index (χ1) is 11.1. The Morgan fingerprint density at radius 1 is 1.17 bits per heavy atom. The highest BCUT2D eigenvalue weighted by molar-refractivity contribution is 5.89. The van der Waals surface area contributed by atoms with Gasteiger partial charge >= 0.3 is 5.97 Å². The molecule has 0 saturated carbocycles. The van der Waals surface area contributed by atoms with E-state index in [1.54, 1.807) is 30.3 Å². The van der Waals surface area contributed by atoms with Gasteiger partial charge in [-0.05, 0) is 24.6 Å². The molecular weight excluding hydrogens is 296 g/mol. The number of hydrogen-bond acceptors (Lipinski definition) is 5. The molecule has 5 nitrogen and oxygen atoms in total. The molecule has 1 rings (SSSR count). The number of carbonyl (C=O) groups excluding carboxylic acids is 1. The van der Waals surface area contributed by atoms with Gasteiger partial charge in [0.2, 0.25) is 0 Å². The topological polar surface area (TPSA) is 65.0 Å². The van der Waals surface area contributed by atoms with E-state index in [4.69, 9.17) is 14.2 Å². The number of esters is 1. The van der Waals surface area contributed by atoms with Crippen LogP contribution >= 0.6 is 0 Å². The van der Waals surface area contributed by atoms with Crippen molar-refractivity contribution in [1.29, 1.82) is 0 Å². The molecule has 1 aromatic rings. The number of carbonyl (C=O) groups is 1. The van der Waals surface area contributed by atoms with E-state index in [2.05, 4.69) is 13.2 Å². The van der Waals surface area contributed by atoms with E-state index >= 15 is 0 Å². The first-order valence-electron chi connectivity index (χ1n) is 7.32. The Labute approximate surface area is 137 Å². The minimum Gasteiger partial charge on any atom is -0.452 e. The Bertz CT molecular complexity index is 499. The molecule has 0 radical (unpaired) electrons. The maximum absolute atomic E-state index is 12.2. The van der Waals surface area contributed by atoms with Crippen LogP contribution < -0.4 is 0 Å². The minimum atomic E-state index is -0.833. The number of methoxy groups -OCH3 is 2. The second kappa shape index (κ2) is 9.94. The lowest BCUT2D eigenvalue weighted by Crippen LogP contribution is -2.47. The molecule has 1 N–H and O–H groups in total. The maximum atomic E-state index is 12.2. The average Bonchev–Trinajstić information content (AvgIpc) is 2.58. The average molecular weight is 320 g/mol. The molecule has 0 amide bonds. The third-order valence-electron chi connectivity index (χ3n) is 3.46. The van der Waals surface area contributed by atoms with Crippen LogP contribution in [0.1, 0.15) is 16.8 Å². The third kappa shape index (κ3) is 5.32. The standard InChI is InChI=1S/C18H24O5/c1-5-10-14(19)16(21-3)17(22-4)15(6-2)23-18(20)13-11-8-7-9-12-13/h5-9,11-12,14-17,19H,1-2,10H2,3-4H3/t14-,15+,16-,17-/m0/s1. The van der Waals surface area contributed by atoms with Crippen molar-refractivity contribution in [2.45, 2.75) is 30.8 Å². The van der Waals surface area contributed by atoms with Gasteiger partial charge in [0.05, 0.1) is 11.7 Å². The van der Waals surface area contributed by atoms with E-state index in [9.17, 15) is 9.90 Å². The van der Waals surface area contributed by atoms with Gasteiger partial charge in [-0.3, -0.25) is 0 Å². The van der Waals surface area contributed by atoms with Crippen molar-refractivity contribution >= 4 is 5.97 Å². The summed E-state index contributed by atoms with van der Waals surface area (Å²) >= 11 is 0. The van der Waals surface area contributed by atoms with E-state index in [0.717, 1.165) is 0 Å². The maximum Gasteiger partial charge on any atom is 0.338 e. The largest absolute Gasteiger partial charge is 0.452 e. The van der Waals surface area contributed by atoms with Gasteiger partial charge in [-0.1, -0.05) is 30.9 Å². The van der Waals surface area contributed by atoms with E-state index in [1.165, 1.54) is 20.3 Å². The van der Waals surface area contributed by atoms with Crippen molar-refractivity contribution in [3.05, 3.63) is 61.2 Å². The summed E-state index contributed by atoms with van der Waals surface area (Å²) in [6.07, 6.45) is 0.390. The highest BCUT2D eigenvalue weighted by atomic mass is 16.6. The Kier molecular flexibility index (Phi) is 8.26. The molecule has 0 aliphatic carbocycles. The highest BCUT2D eigenvalue weighted by Gasteiger charge is 2.35. The number of rotatable bonds is 10. The monoisotopic (exact) mass is 320 g/mol. The van der Waals surface area contributed by atoms with Gasteiger partial charge in [-0.25, -0.2) is 4.79 Å². The lowest BCUT2D eigenvalue weighted by molar-refractivity contribution is -0.126. The van der Waals surface area contributed by atoms with Crippen molar-refractivity contribution in [3.63, 3.8) is 0 Å². The summed E-state index contributed by atoms with van der Waals surface area (Å²) in [4.78, 5) is 12.2. The Balaban J connectivity index is 2.89. The molecule has 0 spiro atoms. The SMILES string of the molecule is C=CC[C@H](O)[C@H](OC)[C@@H](OC)[C@@H](C=C)OC(=O)c1ccccc1. The predicted octanol–water partition coefficient (Wildman–Crippen LogP) is 2.37. The van der Waals surface area contributed by atoms with Crippen molar-refractivity contribution in [2.75, 3.05) is 14.2 Å². The van der Waals surface area contributed by atoms with Crippen LogP contribution in [0, 0.1) is 0 Å². The fourth-order valence-corrected chi connectivity index (χ4v) is 2.29. The molecule has 0 aliphatic rings. The summed E-state index contributed by atoms with van der Waals surface area (Å²) in [7, 11) is 2.92.